The summed E-state index contributed by atoms with van der Waals surface area (Å²) in [6, 6.07) is 18.7. The molecule has 3 aromatic rings. The number of nitrogens with one attached hydrogen (secondary N) is 2. The Morgan fingerprint density at radius 1 is 1.00 bits per heavy atom. The molecule has 7 heteroatoms. The fourth-order valence-electron chi connectivity index (χ4n) is 3.32. The first-order valence-corrected chi connectivity index (χ1v) is 10.1. The number of hydrogen-bond donors (Lipinski definition) is 2. The Bertz CT molecular complexity index is 986. The molecule has 0 saturated carbocycles. The van der Waals surface area contributed by atoms with E-state index in [0.29, 0.717) is 11.4 Å². The van der Waals surface area contributed by atoms with Gasteiger partial charge in [0.1, 0.15) is 11.6 Å². The van der Waals surface area contributed by atoms with Crippen molar-refractivity contribution in [2.24, 2.45) is 0 Å². The molecule has 1 aliphatic rings. The van der Waals surface area contributed by atoms with Crippen molar-refractivity contribution in [1.82, 2.24) is 9.97 Å². The SMILES string of the molecule is Cc1cc(Nc2ccc(NC(=O)COc3ccccc3)cc2)nc(N2CCCC2)n1. The van der Waals surface area contributed by atoms with Gasteiger partial charge in [-0.1, -0.05) is 18.2 Å². The first-order valence-electron chi connectivity index (χ1n) is 10.1. The zero-order chi connectivity index (χ0) is 20.8. The van der Waals surface area contributed by atoms with Gasteiger partial charge in [-0.2, -0.15) is 4.98 Å². The van der Waals surface area contributed by atoms with Crippen LogP contribution in [0.3, 0.4) is 0 Å². The summed E-state index contributed by atoms with van der Waals surface area (Å²) in [6.07, 6.45) is 2.37. The van der Waals surface area contributed by atoms with Crippen LogP contribution in [0.1, 0.15) is 18.5 Å². The molecule has 0 aliphatic carbocycles. The van der Waals surface area contributed by atoms with E-state index < -0.39 is 0 Å². The van der Waals surface area contributed by atoms with E-state index in [9.17, 15) is 4.79 Å². The van der Waals surface area contributed by atoms with Gasteiger partial charge in [-0.3, -0.25) is 4.79 Å². The van der Waals surface area contributed by atoms with E-state index in [0.717, 1.165) is 36.2 Å². The third-order valence-corrected chi connectivity index (χ3v) is 4.79. The largest absolute Gasteiger partial charge is 0.484 e. The van der Waals surface area contributed by atoms with E-state index in [1.807, 2.05) is 67.6 Å². The Morgan fingerprint density at radius 2 is 1.70 bits per heavy atom. The molecule has 2 heterocycles. The van der Waals surface area contributed by atoms with Crippen molar-refractivity contribution in [2.75, 3.05) is 35.2 Å². The van der Waals surface area contributed by atoms with Crippen molar-refractivity contribution in [2.45, 2.75) is 19.8 Å². The van der Waals surface area contributed by atoms with Crippen LogP contribution < -0.4 is 20.3 Å². The van der Waals surface area contributed by atoms with Gasteiger partial charge >= 0.3 is 0 Å². The summed E-state index contributed by atoms with van der Waals surface area (Å²) >= 11 is 0. The maximum atomic E-state index is 12.1. The van der Waals surface area contributed by atoms with Gasteiger partial charge in [0.25, 0.3) is 5.91 Å². The topological polar surface area (TPSA) is 79.4 Å². The number of carbonyl (C=O) groups is 1. The molecule has 2 N–H and O–H groups in total. The first kappa shape index (κ1) is 19.7. The van der Waals surface area contributed by atoms with Gasteiger partial charge in [0.15, 0.2) is 6.61 Å². The molecule has 1 saturated heterocycles. The standard InChI is InChI=1S/C23H25N5O2/c1-17-15-21(27-23(24-17)28-13-5-6-14-28)25-18-9-11-19(12-10-18)26-22(29)16-30-20-7-3-2-4-8-20/h2-4,7-12,15H,5-6,13-14,16H2,1H3,(H,26,29)(H,24,25,27). The number of benzene rings is 2. The Hall–Kier alpha value is -3.61. The van der Waals surface area contributed by atoms with Crippen molar-refractivity contribution >= 4 is 29.0 Å². The summed E-state index contributed by atoms with van der Waals surface area (Å²) in [5.41, 5.74) is 2.52. The number of ether oxygens (including phenoxy) is 1. The highest BCUT2D eigenvalue weighted by Gasteiger charge is 2.16. The number of para-hydroxylation sites is 1. The summed E-state index contributed by atoms with van der Waals surface area (Å²) in [7, 11) is 0. The summed E-state index contributed by atoms with van der Waals surface area (Å²) in [5.74, 6) is 2.00. The van der Waals surface area contributed by atoms with Crippen LogP contribution in [0.2, 0.25) is 0 Å². The number of anilines is 4. The Kier molecular flexibility index (Phi) is 6.08. The molecule has 4 rings (SSSR count). The van der Waals surface area contributed by atoms with Crippen LogP contribution in [0.15, 0.2) is 60.7 Å². The number of aromatic nitrogens is 2. The summed E-state index contributed by atoms with van der Waals surface area (Å²) in [6.45, 7) is 3.95. The van der Waals surface area contributed by atoms with Crippen molar-refractivity contribution in [3.63, 3.8) is 0 Å². The molecule has 0 radical (unpaired) electrons. The third-order valence-electron chi connectivity index (χ3n) is 4.79. The predicted octanol–water partition coefficient (Wildman–Crippen LogP) is 4.15. The molecule has 0 bridgehead atoms. The van der Waals surface area contributed by atoms with E-state index in [2.05, 4.69) is 25.5 Å². The minimum Gasteiger partial charge on any atom is -0.484 e. The third kappa shape index (κ3) is 5.26. The van der Waals surface area contributed by atoms with Crippen molar-refractivity contribution in [3.05, 3.63) is 66.4 Å². The van der Waals surface area contributed by atoms with Crippen LogP contribution in [0, 0.1) is 6.92 Å². The zero-order valence-electron chi connectivity index (χ0n) is 17.0. The van der Waals surface area contributed by atoms with E-state index >= 15 is 0 Å². The van der Waals surface area contributed by atoms with Crippen molar-refractivity contribution < 1.29 is 9.53 Å². The number of rotatable bonds is 7. The van der Waals surface area contributed by atoms with Crippen LogP contribution in [0.25, 0.3) is 0 Å². The molecule has 154 valence electrons. The van der Waals surface area contributed by atoms with E-state index in [-0.39, 0.29) is 12.5 Å². The highest BCUT2D eigenvalue weighted by Crippen LogP contribution is 2.22. The molecule has 1 aromatic heterocycles. The average molecular weight is 403 g/mol. The van der Waals surface area contributed by atoms with E-state index in [4.69, 9.17) is 4.74 Å². The van der Waals surface area contributed by atoms with Gasteiger partial charge in [-0.15, -0.1) is 0 Å². The fraction of sp³-hybridized carbons (Fsp3) is 0.261. The highest BCUT2D eigenvalue weighted by molar-refractivity contribution is 5.92. The van der Waals surface area contributed by atoms with Crippen molar-refractivity contribution in [3.8, 4) is 5.75 Å². The number of aryl methyl sites for hydroxylation is 1. The molecule has 0 unspecified atom stereocenters. The fourth-order valence-corrected chi connectivity index (χ4v) is 3.32. The Labute approximate surface area is 176 Å². The van der Waals surface area contributed by atoms with Crippen LogP contribution in [-0.2, 0) is 4.79 Å². The monoisotopic (exact) mass is 403 g/mol. The normalized spacial score (nSPS) is 13.2. The molecule has 30 heavy (non-hydrogen) atoms. The second-order valence-electron chi connectivity index (χ2n) is 7.24. The lowest BCUT2D eigenvalue weighted by atomic mass is 10.2. The van der Waals surface area contributed by atoms with Crippen molar-refractivity contribution in [1.29, 1.82) is 0 Å². The van der Waals surface area contributed by atoms with Crippen LogP contribution in [0.5, 0.6) is 5.75 Å². The van der Waals surface area contributed by atoms with Crippen LogP contribution in [0.4, 0.5) is 23.1 Å². The number of nitrogens with zero attached hydrogens (tertiary/aromatic N) is 3. The molecule has 2 aromatic carbocycles. The smallest absolute Gasteiger partial charge is 0.262 e. The lowest BCUT2D eigenvalue weighted by Crippen LogP contribution is -2.21. The molecular formula is C23H25N5O2. The van der Waals surface area contributed by atoms with Gasteiger partial charge in [-0.05, 0) is 56.2 Å². The van der Waals surface area contributed by atoms with Gasteiger partial charge in [-0.25, -0.2) is 4.98 Å². The van der Waals surface area contributed by atoms with Gasteiger partial charge in [0.05, 0.1) is 0 Å². The lowest BCUT2D eigenvalue weighted by Gasteiger charge is -2.17. The summed E-state index contributed by atoms with van der Waals surface area (Å²) in [5, 5.41) is 6.16. The quantitative estimate of drug-likeness (QED) is 0.617. The van der Waals surface area contributed by atoms with Gasteiger partial charge in [0.2, 0.25) is 5.95 Å². The van der Waals surface area contributed by atoms with Crippen LogP contribution >= 0.6 is 0 Å². The molecular weight excluding hydrogens is 378 g/mol. The van der Waals surface area contributed by atoms with Gasteiger partial charge in [0, 0.05) is 36.2 Å². The Morgan fingerprint density at radius 3 is 2.43 bits per heavy atom. The molecule has 7 nitrogen and oxygen atoms in total. The van der Waals surface area contributed by atoms with E-state index in [1.54, 1.807) is 0 Å². The lowest BCUT2D eigenvalue weighted by molar-refractivity contribution is -0.118. The summed E-state index contributed by atoms with van der Waals surface area (Å²) in [4.78, 5) is 23.5. The minimum atomic E-state index is -0.207. The molecule has 1 aliphatic heterocycles. The minimum absolute atomic E-state index is 0.0382. The molecule has 0 spiro atoms. The maximum absolute atomic E-state index is 12.1. The molecule has 1 amide bonds. The number of hydrogen-bond acceptors (Lipinski definition) is 6. The van der Waals surface area contributed by atoms with E-state index in [1.165, 1.54) is 12.8 Å². The molecule has 0 atom stereocenters. The van der Waals surface area contributed by atoms with Gasteiger partial charge < -0.3 is 20.3 Å². The highest BCUT2D eigenvalue weighted by atomic mass is 16.5. The van der Waals surface area contributed by atoms with Crippen LogP contribution in [-0.4, -0.2) is 35.6 Å². The maximum Gasteiger partial charge on any atom is 0.262 e. The second-order valence-corrected chi connectivity index (χ2v) is 7.24. The number of amides is 1. The first-order chi connectivity index (χ1) is 14.7. The molecule has 1 fully saturated rings. The second kappa shape index (κ2) is 9.26. The number of carbonyl (C=O) groups excluding carboxylic acids is 1. The summed E-state index contributed by atoms with van der Waals surface area (Å²) < 4.78 is 5.46. The predicted molar refractivity (Wildman–Crippen MR) is 119 cm³/mol. The zero-order valence-corrected chi connectivity index (χ0v) is 17.0. The average Bonchev–Trinajstić information content (AvgIpc) is 3.29. The Balaban J connectivity index is 1.34.